The molecule has 0 spiro atoms. The highest BCUT2D eigenvalue weighted by atomic mass is 16.5. The van der Waals surface area contributed by atoms with Crippen molar-refractivity contribution in [2.45, 2.75) is 12.5 Å². The number of Topliss-reactive ketones (excluding diaryl/α,β-unsaturated/α-hetero) is 1. The van der Waals surface area contributed by atoms with Gasteiger partial charge in [0.2, 0.25) is 0 Å². The van der Waals surface area contributed by atoms with Crippen LogP contribution in [0.1, 0.15) is 15.9 Å². The number of ether oxygens (including phenoxy) is 1. The molecule has 0 amide bonds. The highest BCUT2D eigenvalue weighted by Crippen LogP contribution is 2.11. The van der Waals surface area contributed by atoms with Crippen molar-refractivity contribution in [3.05, 3.63) is 71.8 Å². The Hall–Kier alpha value is -1.93. The monoisotopic (exact) mass is 240 g/mol. The van der Waals surface area contributed by atoms with Gasteiger partial charge in [-0.3, -0.25) is 4.79 Å². The molecule has 0 aromatic heterocycles. The minimum Gasteiger partial charge on any atom is -0.373 e. The predicted octanol–water partition coefficient (Wildman–Crippen LogP) is 3.13. The number of methoxy groups -OCH3 is 1. The van der Waals surface area contributed by atoms with E-state index in [1.165, 1.54) is 0 Å². The second-order valence-electron chi connectivity index (χ2n) is 4.14. The maximum absolute atomic E-state index is 12.3. The molecule has 92 valence electrons. The van der Waals surface area contributed by atoms with Crippen LogP contribution in [-0.2, 0) is 11.2 Å². The van der Waals surface area contributed by atoms with Gasteiger partial charge in [0.1, 0.15) is 6.10 Å². The summed E-state index contributed by atoms with van der Waals surface area (Å²) in [6, 6.07) is 19.2. The normalized spacial score (nSPS) is 12.1. The van der Waals surface area contributed by atoms with Crippen LogP contribution in [0, 0.1) is 0 Å². The fourth-order valence-electron chi connectivity index (χ4n) is 1.90. The number of carbonyl (C=O) groups excluding carboxylic acids is 1. The van der Waals surface area contributed by atoms with Gasteiger partial charge in [-0.2, -0.15) is 0 Å². The van der Waals surface area contributed by atoms with Crippen LogP contribution in [0.15, 0.2) is 60.7 Å². The topological polar surface area (TPSA) is 26.3 Å². The summed E-state index contributed by atoms with van der Waals surface area (Å²) in [5, 5.41) is 0. The van der Waals surface area contributed by atoms with Gasteiger partial charge in [0.25, 0.3) is 0 Å². The first-order valence-corrected chi connectivity index (χ1v) is 5.97. The molecule has 0 aliphatic rings. The molecule has 0 bridgehead atoms. The summed E-state index contributed by atoms with van der Waals surface area (Å²) in [6.07, 6.45) is 0.181. The molecule has 0 aliphatic carbocycles. The lowest BCUT2D eigenvalue weighted by atomic mass is 10.00. The SMILES string of the molecule is COC(Cc1ccccc1)C(=O)c1ccccc1. The van der Waals surface area contributed by atoms with Gasteiger partial charge in [0.15, 0.2) is 5.78 Å². The molecule has 0 radical (unpaired) electrons. The van der Waals surface area contributed by atoms with Crippen LogP contribution < -0.4 is 0 Å². The van der Waals surface area contributed by atoms with E-state index in [9.17, 15) is 4.79 Å². The van der Waals surface area contributed by atoms with E-state index in [1.807, 2.05) is 60.7 Å². The zero-order valence-electron chi connectivity index (χ0n) is 10.4. The summed E-state index contributed by atoms with van der Waals surface area (Å²) in [4.78, 5) is 12.3. The Morgan fingerprint density at radius 2 is 1.56 bits per heavy atom. The summed E-state index contributed by atoms with van der Waals surface area (Å²) in [5.74, 6) is 0.0296. The van der Waals surface area contributed by atoms with Gasteiger partial charge in [-0.1, -0.05) is 60.7 Å². The third-order valence-corrected chi connectivity index (χ3v) is 2.90. The zero-order valence-corrected chi connectivity index (χ0v) is 10.4. The summed E-state index contributed by atoms with van der Waals surface area (Å²) >= 11 is 0. The van der Waals surface area contributed by atoms with E-state index in [2.05, 4.69) is 0 Å². The predicted molar refractivity (Wildman–Crippen MR) is 71.7 cm³/mol. The molecule has 18 heavy (non-hydrogen) atoms. The summed E-state index contributed by atoms with van der Waals surface area (Å²) in [7, 11) is 1.58. The first-order chi connectivity index (χ1) is 8.81. The van der Waals surface area contributed by atoms with E-state index in [0.29, 0.717) is 12.0 Å². The van der Waals surface area contributed by atoms with E-state index in [0.717, 1.165) is 5.56 Å². The summed E-state index contributed by atoms with van der Waals surface area (Å²) in [6.45, 7) is 0. The molecule has 2 heteroatoms. The molecular formula is C16H16O2. The Morgan fingerprint density at radius 1 is 1.00 bits per heavy atom. The third-order valence-electron chi connectivity index (χ3n) is 2.90. The number of hydrogen-bond acceptors (Lipinski definition) is 2. The van der Waals surface area contributed by atoms with Crippen molar-refractivity contribution in [3.63, 3.8) is 0 Å². The molecule has 0 aliphatic heterocycles. The molecule has 2 aromatic rings. The van der Waals surface area contributed by atoms with Crippen molar-refractivity contribution in [3.8, 4) is 0 Å². The number of benzene rings is 2. The molecule has 0 heterocycles. The van der Waals surface area contributed by atoms with Crippen molar-refractivity contribution in [1.82, 2.24) is 0 Å². The van der Waals surface area contributed by atoms with Crippen LogP contribution in [0.5, 0.6) is 0 Å². The smallest absolute Gasteiger partial charge is 0.191 e. The van der Waals surface area contributed by atoms with Crippen LogP contribution in [-0.4, -0.2) is 19.0 Å². The van der Waals surface area contributed by atoms with Crippen molar-refractivity contribution in [2.24, 2.45) is 0 Å². The third kappa shape index (κ3) is 3.05. The molecule has 0 saturated heterocycles. The molecule has 1 unspecified atom stereocenters. The Kier molecular flexibility index (Phi) is 4.26. The fraction of sp³-hybridized carbons (Fsp3) is 0.188. The van der Waals surface area contributed by atoms with E-state index in [1.54, 1.807) is 7.11 Å². The van der Waals surface area contributed by atoms with Crippen molar-refractivity contribution in [2.75, 3.05) is 7.11 Å². The lowest BCUT2D eigenvalue weighted by Crippen LogP contribution is -2.25. The summed E-state index contributed by atoms with van der Waals surface area (Å²) in [5.41, 5.74) is 1.80. The van der Waals surface area contributed by atoms with Gasteiger partial charge < -0.3 is 4.74 Å². The molecular weight excluding hydrogens is 224 g/mol. The van der Waals surface area contributed by atoms with Crippen molar-refractivity contribution < 1.29 is 9.53 Å². The number of hydrogen-bond donors (Lipinski definition) is 0. The lowest BCUT2D eigenvalue weighted by Gasteiger charge is -2.14. The van der Waals surface area contributed by atoms with Gasteiger partial charge in [-0.05, 0) is 5.56 Å². The average Bonchev–Trinajstić information content (AvgIpc) is 2.46. The van der Waals surface area contributed by atoms with Gasteiger partial charge in [0, 0.05) is 19.1 Å². The maximum Gasteiger partial charge on any atom is 0.191 e. The molecule has 2 aromatic carbocycles. The Balaban J connectivity index is 2.12. The minimum atomic E-state index is -0.421. The molecule has 1 atom stereocenters. The number of ketones is 1. The Morgan fingerprint density at radius 3 is 2.11 bits per heavy atom. The van der Waals surface area contributed by atoms with Gasteiger partial charge in [-0.25, -0.2) is 0 Å². The molecule has 0 fully saturated rings. The second kappa shape index (κ2) is 6.12. The molecule has 0 saturated carbocycles. The van der Waals surface area contributed by atoms with E-state index in [4.69, 9.17) is 4.74 Å². The first-order valence-electron chi connectivity index (χ1n) is 5.97. The number of carbonyl (C=O) groups is 1. The molecule has 2 nitrogen and oxygen atoms in total. The number of rotatable bonds is 5. The van der Waals surface area contributed by atoms with Gasteiger partial charge in [-0.15, -0.1) is 0 Å². The van der Waals surface area contributed by atoms with E-state index in [-0.39, 0.29) is 5.78 Å². The minimum absolute atomic E-state index is 0.0296. The van der Waals surface area contributed by atoms with Crippen LogP contribution in [0.2, 0.25) is 0 Å². The standard InChI is InChI=1S/C16H16O2/c1-18-15(12-13-8-4-2-5-9-13)16(17)14-10-6-3-7-11-14/h2-11,15H,12H2,1H3. The largest absolute Gasteiger partial charge is 0.373 e. The van der Waals surface area contributed by atoms with Crippen molar-refractivity contribution >= 4 is 5.78 Å². The first kappa shape index (κ1) is 12.5. The van der Waals surface area contributed by atoms with E-state index < -0.39 is 6.10 Å². The van der Waals surface area contributed by atoms with Crippen molar-refractivity contribution in [1.29, 1.82) is 0 Å². The fourth-order valence-corrected chi connectivity index (χ4v) is 1.90. The lowest BCUT2D eigenvalue weighted by molar-refractivity contribution is 0.0607. The Labute approximate surface area is 107 Å². The quantitative estimate of drug-likeness (QED) is 0.750. The highest BCUT2D eigenvalue weighted by molar-refractivity contribution is 5.99. The Bertz CT molecular complexity index is 491. The van der Waals surface area contributed by atoms with Gasteiger partial charge >= 0.3 is 0 Å². The van der Waals surface area contributed by atoms with Crippen LogP contribution in [0.4, 0.5) is 0 Å². The van der Waals surface area contributed by atoms with Crippen LogP contribution >= 0.6 is 0 Å². The highest BCUT2D eigenvalue weighted by Gasteiger charge is 2.19. The summed E-state index contributed by atoms with van der Waals surface area (Å²) < 4.78 is 5.32. The van der Waals surface area contributed by atoms with Gasteiger partial charge in [0.05, 0.1) is 0 Å². The van der Waals surface area contributed by atoms with Crippen LogP contribution in [0.3, 0.4) is 0 Å². The molecule has 2 rings (SSSR count). The maximum atomic E-state index is 12.3. The molecule has 0 N–H and O–H groups in total. The zero-order chi connectivity index (χ0) is 12.8. The average molecular weight is 240 g/mol. The second-order valence-corrected chi connectivity index (χ2v) is 4.14. The van der Waals surface area contributed by atoms with E-state index >= 15 is 0 Å². The van der Waals surface area contributed by atoms with Crippen LogP contribution in [0.25, 0.3) is 0 Å².